The van der Waals surface area contributed by atoms with E-state index in [9.17, 15) is 14.4 Å². The molecule has 3 N–H and O–H groups in total. The van der Waals surface area contributed by atoms with Gasteiger partial charge in [0.2, 0.25) is 5.91 Å². The molecule has 1 aromatic rings. The topological polar surface area (TPSA) is 87.3 Å². The summed E-state index contributed by atoms with van der Waals surface area (Å²) >= 11 is 7.80. The average molecular weight is 354 g/mol. The molecule has 0 aliphatic carbocycles. The summed E-state index contributed by atoms with van der Waals surface area (Å²) in [6, 6.07) is 4.51. The molecule has 122 valence electrons. The molecule has 4 amide bonds. The number of fused-ring (bicyclic) bond motifs is 1. The molecule has 2 heterocycles. The highest BCUT2D eigenvalue weighted by Gasteiger charge is 2.30. The summed E-state index contributed by atoms with van der Waals surface area (Å²) in [6.07, 6.45) is 1.30. The van der Waals surface area contributed by atoms with Gasteiger partial charge < -0.3 is 10.6 Å². The SMILES string of the molecule is O=C(CCC1NC(=O)NC1=O)NC1CCSc2ccc(Cl)cc21. The normalized spacial score (nSPS) is 23.0. The molecule has 0 bridgehead atoms. The Bertz CT molecular complexity index is 667. The number of benzene rings is 1. The van der Waals surface area contributed by atoms with E-state index in [4.69, 9.17) is 11.6 Å². The fraction of sp³-hybridized carbons (Fsp3) is 0.400. The predicted octanol–water partition coefficient (Wildman–Crippen LogP) is 1.98. The molecule has 0 spiro atoms. The standard InChI is InChI=1S/C15H16ClN3O3S/c16-8-1-3-12-9(7-8)10(5-6-23-12)17-13(20)4-2-11-14(21)19-15(22)18-11/h1,3,7,10-11H,2,4-6H2,(H,17,20)(H2,18,19,21,22). The second kappa shape index (κ2) is 6.80. The Hall–Kier alpha value is -1.73. The minimum atomic E-state index is -0.628. The molecule has 0 aromatic heterocycles. The van der Waals surface area contributed by atoms with Gasteiger partial charge in [0.05, 0.1) is 6.04 Å². The van der Waals surface area contributed by atoms with Crippen molar-refractivity contribution in [2.75, 3.05) is 5.75 Å². The van der Waals surface area contributed by atoms with E-state index in [0.717, 1.165) is 22.6 Å². The van der Waals surface area contributed by atoms with Crippen LogP contribution in [0.15, 0.2) is 23.1 Å². The maximum Gasteiger partial charge on any atom is 0.322 e. The number of amides is 4. The van der Waals surface area contributed by atoms with Crippen LogP contribution in [0.4, 0.5) is 4.79 Å². The van der Waals surface area contributed by atoms with E-state index in [1.54, 1.807) is 11.8 Å². The van der Waals surface area contributed by atoms with Gasteiger partial charge in [-0.3, -0.25) is 14.9 Å². The molecule has 1 saturated heterocycles. The molecular weight excluding hydrogens is 338 g/mol. The van der Waals surface area contributed by atoms with Gasteiger partial charge in [0.1, 0.15) is 6.04 Å². The molecule has 23 heavy (non-hydrogen) atoms. The Balaban J connectivity index is 1.58. The van der Waals surface area contributed by atoms with Crippen LogP contribution < -0.4 is 16.0 Å². The molecule has 3 rings (SSSR count). The van der Waals surface area contributed by atoms with Crippen molar-refractivity contribution in [2.45, 2.75) is 36.2 Å². The molecular formula is C15H16ClN3O3S. The first-order valence-electron chi connectivity index (χ1n) is 7.36. The number of nitrogens with one attached hydrogen (secondary N) is 3. The van der Waals surface area contributed by atoms with E-state index in [0.29, 0.717) is 5.02 Å². The second-order valence-corrected chi connectivity index (χ2v) is 7.07. The molecule has 8 heteroatoms. The van der Waals surface area contributed by atoms with Crippen LogP contribution in [0.3, 0.4) is 0 Å². The van der Waals surface area contributed by atoms with Crippen LogP contribution in [0.25, 0.3) is 0 Å². The minimum absolute atomic E-state index is 0.0653. The third kappa shape index (κ3) is 3.79. The summed E-state index contributed by atoms with van der Waals surface area (Å²) in [5.41, 5.74) is 1.04. The number of rotatable bonds is 4. The van der Waals surface area contributed by atoms with Gasteiger partial charge in [-0.05, 0) is 36.6 Å². The maximum absolute atomic E-state index is 12.2. The van der Waals surface area contributed by atoms with E-state index in [1.807, 2.05) is 18.2 Å². The largest absolute Gasteiger partial charge is 0.349 e. The van der Waals surface area contributed by atoms with Gasteiger partial charge in [0, 0.05) is 22.1 Å². The van der Waals surface area contributed by atoms with E-state index < -0.39 is 12.1 Å². The summed E-state index contributed by atoms with van der Waals surface area (Å²) in [4.78, 5) is 35.8. The van der Waals surface area contributed by atoms with Crippen molar-refractivity contribution in [1.29, 1.82) is 0 Å². The summed E-state index contributed by atoms with van der Waals surface area (Å²) in [7, 11) is 0. The van der Waals surface area contributed by atoms with Gasteiger partial charge >= 0.3 is 6.03 Å². The Labute approximate surface area is 142 Å². The number of carbonyl (C=O) groups excluding carboxylic acids is 3. The molecule has 1 fully saturated rings. The number of hydrogen-bond acceptors (Lipinski definition) is 4. The van der Waals surface area contributed by atoms with Gasteiger partial charge in [0.15, 0.2) is 0 Å². The highest BCUT2D eigenvalue weighted by atomic mass is 35.5. The lowest BCUT2D eigenvalue weighted by atomic mass is 10.0. The van der Waals surface area contributed by atoms with Crippen molar-refractivity contribution < 1.29 is 14.4 Å². The van der Waals surface area contributed by atoms with Crippen molar-refractivity contribution >= 4 is 41.2 Å². The highest BCUT2D eigenvalue weighted by molar-refractivity contribution is 7.99. The van der Waals surface area contributed by atoms with Gasteiger partial charge in [-0.1, -0.05) is 11.6 Å². The highest BCUT2D eigenvalue weighted by Crippen LogP contribution is 2.37. The smallest absolute Gasteiger partial charge is 0.322 e. The van der Waals surface area contributed by atoms with Crippen molar-refractivity contribution in [2.24, 2.45) is 0 Å². The minimum Gasteiger partial charge on any atom is -0.349 e. The lowest BCUT2D eigenvalue weighted by molar-refractivity contribution is -0.122. The van der Waals surface area contributed by atoms with Crippen molar-refractivity contribution in [3.05, 3.63) is 28.8 Å². The van der Waals surface area contributed by atoms with Gasteiger partial charge in [-0.15, -0.1) is 11.8 Å². The lowest BCUT2D eigenvalue weighted by Crippen LogP contribution is -2.34. The Kier molecular flexibility index (Phi) is 4.77. The molecule has 6 nitrogen and oxygen atoms in total. The van der Waals surface area contributed by atoms with Gasteiger partial charge in [-0.2, -0.15) is 0 Å². The number of thioether (sulfide) groups is 1. The first-order valence-corrected chi connectivity index (χ1v) is 8.72. The summed E-state index contributed by atoms with van der Waals surface area (Å²) in [6.45, 7) is 0. The number of imide groups is 1. The number of carbonyl (C=O) groups is 3. The Morgan fingerprint density at radius 1 is 1.39 bits per heavy atom. The molecule has 2 atom stereocenters. The molecule has 0 radical (unpaired) electrons. The van der Waals surface area contributed by atoms with E-state index in [2.05, 4.69) is 16.0 Å². The zero-order valence-electron chi connectivity index (χ0n) is 12.2. The fourth-order valence-corrected chi connectivity index (χ4v) is 4.01. The molecule has 2 unspecified atom stereocenters. The summed E-state index contributed by atoms with van der Waals surface area (Å²) < 4.78 is 0. The molecule has 2 aliphatic rings. The van der Waals surface area contributed by atoms with Crippen molar-refractivity contribution in [3.8, 4) is 0 Å². The van der Waals surface area contributed by atoms with Crippen LogP contribution in [-0.2, 0) is 9.59 Å². The van der Waals surface area contributed by atoms with E-state index in [1.165, 1.54) is 0 Å². The van der Waals surface area contributed by atoms with Gasteiger partial charge in [0.25, 0.3) is 5.91 Å². The van der Waals surface area contributed by atoms with Crippen LogP contribution in [-0.4, -0.2) is 29.6 Å². The second-order valence-electron chi connectivity index (χ2n) is 5.49. The van der Waals surface area contributed by atoms with E-state index in [-0.39, 0.29) is 30.7 Å². The monoisotopic (exact) mass is 353 g/mol. The summed E-state index contributed by atoms with van der Waals surface area (Å²) in [5, 5.41) is 8.28. The zero-order chi connectivity index (χ0) is 16.4. The first kappa shape index (κ1) is 16.1. The number of urea groups is 1. The first-order chi connectivity index (χ1) is 11.0. The van der Waals surface area contributed by atoms with Crippen LogP contribution >= 0.6 is 23.4 Å². The molecule has 0 saturated carbocycles. The fourth-order valence-electron chi connectivity index (χ4n) is 2.72. The third-order valence-electron chi connectivity index (χ3n) is 3.87. The van der Waals surface area contributed by atoms with Crippen molar-refractivity contribution in [3.63, 3.8) is 0 Å². The van der Waals surface area contributed by atoms with Gasteiger partial charge in [-0.25, -0.2) is 4.79 Å². The Morgan fingerprint density at radius 2 is 2.22 bits per heavy atom. The Morgan fingerprint density at radius 3 is 2.96 bits per heavy atom. The number of hydrogen-bond donors (Lipinski definition) is 3. The van der Waals surface area contributed by atoms with E-state index >= 15 is 0 Å². The van der Waals surface area contributed by atoms with Crippen molar-refractivity contribution in [1.82, 2.24) is 16.0 Å². The predicted molar refractivity (Wildman–Crippen MR) is 87.4 cm³/mol. The van der Waals surface area contributed by atoms with Crippen LogP contribution in [0.5, 0.6) is 0 Å². The third-order valence-corrected chi connectivity index (χ3v) is 5.22. The summed E-state index contributed by atoms with van der Waals surface area (Å²) in [5.74, 6) is 0.413. The zero-order valence-corrected chi connectivity index (χ0v) is 13.8. The quantitative estimate of drug-likeness (QED) is 0.722. The maximum atomic E-state index is 12.2. The van der Waals surface area contributed by atoms with Crippen LogP contribution in [0, 0.1) is 0 Å². The number of halogens is 1. The molecule has 2 aliphatic heterocycles. The average Bonchev–Trinajstić information content (AvgIpc) is 2.84. The lowest BCUT2D eigenvalue weighted by Gasteiger charge is -2.26. The molecule has 1 aromatic carbocycles. The van der Waals surface area contributed by atoms with Crippen LogP contribution in [0.2, 0.25) is 5.02 Å². The van der Waals surface area contributed by atoms with Crippen LogP contribution in [0.1, 0.15) is 30.9 Å².